The fourth-order valence-corrected chi connectivity index (χ4v) is 1.83. The van der Waals surface area contributed by atoms with E-state index in [1.54, 1.807) is 0 Å². The van der Waals surface area contributed by atoms with Gasteiger partial charge in [-0.1, -0.05) is 18.2 Å². The van der Waals surface area contributed by atoms with Gasteiger partial charge in [0, 0.05) is 24.4 Å². The molecule has 104 valence electrons. The molecule has 0 saturated heterocycles. The molecule has 0 aliphatic carbocycles. The Labute approximate surface area is 118 Å². The van der Waals surface area contributed by atoms with Crippen LogP contribution in [0.25, 0.3) is 0 Å². The topological polar surface area (TPSA) is 75.2 Å². The van der Waals surface area contributed by atoms with Crippen molar-refractivity contribution in [2.24, 2.45) is 5.73 Å². The number of nitrogens with two attached hydrogens (primary N) is 1. The number of rotatable bonds is 5. The minimum Gasteiger partial charge on any atom is -0.478 e. The molecule has 5 heteroatoms. The van der Waals surface area contributed by atoms with Crippen LogP contribution in [0.1, 0.15) is 12.5 Å². The third kappa shape index (κ3) is 3.06. The first kappa shape index (κ1) is 13.9. The average Bonchev–Trinajstić information content (AvgIpc) is 2.47. The second kappa shape index (κ2) is 6.06. The lowest BCUT2D eigenvalue weighted by Crippen LogP contribution is -2.14. The predicted octanol–water partition coefficient (Wildman–Crippen LogP) is 2.53. The van der Waals surface area contributed by atoms with Crippen molar-refractivity contribution in [1.82, 2.24) is 4.98 Å². The molecular weight excluding hydrogens is 252 g/mol. The number of ether oxygens (including phenoxy) is 1. The van der Waals surface area contributed by atoms with Gasteiger partial charge in [-0.3, -0.25) is 5.41 Å². The van der Waals surface area contributed by atoms with Crippen LogP contribution in [0, 0.1) is 5.41 Å². The Morgan fingerprint density at radius 1 is 1.30 bits per heavy atom. The zero-order chi connectivity index (χ0) is 14.5. The highest BCUT2D eigenvalue weighted by Gasteiger charge is 2.08. The summed E-state index contributed by atoms with van der Waals surface area (Å²) in [5.74, 6) is 1.42. The Hall–Kier alpha value is -2.56. The van der Waals surface area contributed by atoms with Crippen molar-refractivity contribution in [2.45, 2.75) is 6.92 Å². The number of amidine groups is 1. The molecule has 5 nitrogen and oxygen atoms in total. The highest BCUT2D eigenvalue weighted by atomic mass is 16.5. The van der Waals surface area contributed by atoms with Crippen molar-refractivity contribution in [1.29, 1.82) is 5.41 Å². The van der Waals surface area contributed by atoms with Gasteiger partial charge in [0.25, 0.3) is 0 Å². The number of nitrogens with zero attached hydrogens (tertiary/aromatic N) is 2. The smallest absolute Gasteiger partial charge is 0.215 e. The molecule has 1 aromatic heterocycles. The van der Waals surface area contributed by atoms with Crippen LogP contribution >= 0.6 is 0 Å². The Morgan fingerprint density at radius 2 is 2.05 bits per heavy atom. The van der Waals surface area contributed by atoms with Crippen LogP contribution in [-0.4, -0.2) is 24.5 Å². The summed E-state index contributed by atoms with van der Waals surface area (Å²) in [7, 11) is 1.91. The normalized spacial score (nSPS) is 10.1. The summed E-state index contributed by atoms with van der Waals surface area (Å²) in [6.45, 7) is 2.51. The van der Waals surface area contributed by atoms with E-state index in [4.69, 9.17) is 15.9 Å². The molecule has 0 unspecified atom stereocenters. The number of nitrogens with one attached hydrogen (secondary N) is 1. The van der Waals surface area contributed by atoms with Crippen molar-refractivity contribution in [2.75, 3.05) is 18.6 Å². The number of hydrogen-bond donors (Lipinski definition) is 2. The summed E-state index contributed by atoms with van der Waals surface area (Å²) in [5, 5.41) is 7.49. The second-order valence-electron chi connectivity index (χ2n) is 4.29. The average molecular weight is 270 g/mol. The lowest BCUT2D eigenvalue weighted by Gasteiger charge is -2.19. The molecule has 2 aromatic rings. The number of aromatic nitrogens is 1. The lowest BCUT2D eigenvalue weighted by molar-refractivity contribution is 0.327. The molecule has 0 aliphatic rings. The Morgan fingerprint density at radius 3 is 2.75 bits per heavy atom. The summed E-state index contributed by atoms with van der Waals surface area (Å²) in [6.07, 6.45) is 0. The molecule has 0 atom stereocenters. The van der Waals surface area contributed by atoms with Crippen molar-refractivity contribution < 1.29 is 4.74 Å². The van der Waals surface area contributed by atoms with Crippen molar-refractivity contribution in [3.05, 3.63) is 48.0 Å². The van der Waals surface area contributed by atoms with Gasteiger partial charge < -0.3 is 15.4 Å². The third-order valence-corrected chi connectivity index (χ3v) is 2.89. The van der Waals surface area contributed by atoms with Crippen LogP contribution < -0.4 is 15.4 Å². The van der Waals surface area contributed by atoms with Crippen molar-refractivity contribution in [3.63, 3.8) is 0 Å². The van der Waals surface area contributed by atoms with E-state index < -0.39 is 0 Å². The Bertz CT molecular complexity index is 612. The maximum absolute atomic E-state index is 7.49. The Kier molecular flexibility index (Phi) is 4.20. The van der Waals surface area contributed by atoms with Crippen LogP contribution in [-0.2, 0) is 0 Å². The van der Waals surface area contributed by atoms with Crippen LogP contribution in [0.15, 0.2) is 42.5 Å². The molecule has 0 spiro atoms. The van der Waals surface area contributed by atoms with E-state index in [1.807, 2.05) is 61.3 Å². The molecular formula is C15H18N4O. The predicted molar refractivity (Wildman–Crippen MR) is 80.9 cm³/mol. The molecule has 0 bridgehead atoms. The van der Waals surface area contributed by atoms with Crippen molar-refractivity contribution >= 4 is 17.3 Å². The Balaban J connectivity index is 2.30. The summed E-state index contributed by atoms with van der Waals surface area (Å²) in [6, 6.07) is 13.1. The van der Waals surface area contributed by atoms with Gasteiger partial charge in [-0.2, -0.15) is 4.98 Å². The first-order valence-corrected chi connectivity index (χ1v) is 6.40. The zero-order valence-corrected chi connectivity index (χ0v) is 11.6. The largest absolute Gasteiger partial charge is 0.478 e. The first-order valence-electron chi connectivity index (χ1n) is 6.40. The maximum Gasteiger partial charge on any atom is 0.215 e. The molecule has 0 amide bonds. The number of benzene rings is 1. The molecule has 0 aliphatic heterocycles. The van der Waals surface area contributed by atoms with Gasteiger partial charge in [-0.15, -0.1) is 0 Å². The highest BCUT2D eigenvalue weighted by molar-refractivity contribution is 5.96. The third-order valence-electron chi connectivity index (χ3n) is 2.89. The quantitative estimate of drug-likeness (QED) is 0.646. The zero-order valence-electron chi connectivity index (χ0n) is 11.6. The molecule has 0 radical (unpaired) electrons. The first-order chi connectivity index (χ1) is 9.61. The molecule has 0 saturated carbocycles. The van der Waals surface area contributed by atoms with E-state index in [1.165, 1.54) is 0 Å². The van der Waals surface area contributed by atoms with Crippen LogP contribution in [0.5, 0.6) is 5.88 Å². The van der Waals surface area contributed by atoms with Gasteiger partial charge >= 0.3 is 0 Å². The molecule has 1 heterocycles. The van der Waals surface area contributed by atoms with Crippen molar-refractivity contribution in [3.8, 4) is 5.88 Å². The van der Waals surface area contributed by atoms with Gasteiger partial charge in [0.05, 0.1) is 6.61 Å². The molecule has 0 fully saturated rings. The molecule has 1 aromatic carbocycles. The number of anilines is 2. The number of hydrogen-bond acceptors (Lipinski definition) is 4. The van der Waals surface area contributed by atoms with E-state index >= 15 is 0 Å². The monoisotopic (exact) mass is 270 g/mol. The molecule has 20 heavy (non-hydrogen) atoms. The van der Waals surface area contributed by atoms with E-state index in [-0.39, 0.29) is 5.84 Å². The SMILES string of the molecule is CCOc1cccc(N(C)c2cccc(C(=N)N)c2)n1. The van der Waals surface area contributed by atoms with E-state index in [9.17, 15) is 0 Å². The van der Waals surface area contributed by atoms with Gasteiger partial charge in [0.1, 0.15) is 11.7 Å². The van der Waals surface area contributed by atoms with E-state index in [0.717, 1.165) is 11.5 Å². The summed E-state index contributed by atoms with van der Waals surface area (Å²) in [4.78, 5) is 6.36. The standard InChI is InChI=1S/C15H18N4O/c1-3-20-14-9-5-8-13(18-14)19(2)12-7-4-6-11(10-12)15(16)17/h4-10H,3H2,1-2H3,(H3,16,17). The van der Waals surface area contributed by atoms with Crippen LogP contribution in [0.2, 0.25) is 0 Å². The number of nitrogen functional groups attached to an aromatic ring is 1. The van der Waals surface area contributed by atoms with Gasteiger partial charge in [-0.05, 0) is 25.1 Å². The maximum atomic E-state index is 7.49. The van der Waals surface area contributed by atoms with Crippen LogP contribution in [0.3, 0.4) is 0 Å². The highest BCUT2D eigenvalue weighted by Crippen LogP contribution is 2.24. The summed E-state index contributed by atoms with van der Waals surface area (Å²) >= 11 is 0. The fraction of sp³-hybridized carbons (Fsp3) is 0.200. The van der Waals surface area contributed by atoms with Gasteiger partial charge in [-0.25, -0.2) is 0 Å². The second-order valence-corrected chi connectivity index (χ2v) is 4.29. The lowest BCUT2D eigenvalue weighted by atomic mass is 10.2. The van der Waals surface area contributed by atoms with Crippen LogP contribution in [0.4, 0.5) is 11.5 Å². The van der Waals surface area contributed by atoms with E-state index in [0.29, 0.717) is 18.1 Å². The van der Waals surface area contributed by atoms with Gasteiger partial charge in [0.2, 0.25) is 5.88 Å². The minimum atomic E-state index is 0.0521. The fourth-order valence-electron chi connectivity index (χ4n) is 1.83. The molecule has 3 N–H and O–H groups in total. The summed E-state index contributed by atoms with van der Waals surface area (Å²) in [5.41, 5.74) is 7.12. The van der Waals surface area contributed by atoms with E-state index in [2.05, 4.69) is 4.98 Å². The van der Waals surface area contributed by atoms with Gasteiger partial charge in [0.15, 0.2) is 0 Å². The summed E-state index contributed by atoms with van der Waals surface area (Å²) < 4.78 is 5.40. The number of pyridine rings is 1. The molecule has 2 rings (SSSR count). The minimum absolute atomic E-state index is 0.0521.